The van der Waals surface area contributed by atoms with E-state index in [4.69, 9.17) is 14.6 Å². The topological polar surface area (TPSA) is 67.8 Å². The van der Waals surface area contributed by atoms with E-state index in [9.17, 15) is 4.79 Å². The van der Waals surface area contributed by atoms with Crippen LogP contribution >= 0.6 is 0 Å². The van der Waals surface area contributed by atoms with Crippen LogP contribution in [-0.4, -0.2) is 31.3 Å². The molecular formula is C13H19NO4. The fraction of sp³-hybridized carbons (Fsp3) is 0.462. The first-order chi connectivity index (χ1) is 8.47. The Morgan fingerprint density at radius 2 is 1.67 bits per heavy atom. The molecule has 0 saturated heterocycles. The molecule has 0 saturated carbocycles. The van der Waals surface area contributed by atoms with Crippen LogP contribution in [0.15, 0.2) is 18.2 Å². The standard InChI is InChI=1S/C13H19NO4/c1-8(13(15)16)9(2)14-10-5-11(17-3)7-12(6-10)18-4/h5-9,14H,1-4H3,(H,15,16). The monoisotopic (exact) mass is 253 g/mol. The number of ether oxygens (including phenoxy) is 2. The molecular weight excluding hydrogens is 234 g/mol. The van der Waals surface area contributed by atoms with Crippen LogP contribution in [0.25, 0.3) is 0 Å². The lowest BCUT2D eigenvalue weighted by Gasteiger charge is -2.20. The number of carboxylic acid groups (broad SMARTS) is 1. The van der Waals surface area contributed by atoms with Crippen LogP contribution in [0.1, 0.15) is 13.8 Å². The zero-order chi connectivity index (χ0) is 13.7. The Balaban J connectivity index is 2.86. The van der Waals surface area contributed by atoms with Crippen molar-refractivity contribution in [1.82, 2.24) is 0 Å². The van der Waals surface area contributed by atoms with Gasteiger partial charge in [0.15, 0.2) is 0 Å². The third-order valence-corrected chi connectivity index (χ3v) is 2.89. The lowest BCUT2D eigenvalue weighted by molar-refractivity contribution is -0.141. The van der Waals surface area contributed by atoms with Crippen molar-refractivity contribution in [2.75, 3.05) is 19.5 Å². The molecule has 2 unspecified atom stereocenters. The van der Waals surface area contributed by atoms with Crippen LogP contribution in [0.4, 0.5) is 5.69 Å². The highest BCUT2D eigenvalue weighted by molar-refractivity contribution is 5.71. The molecule has 0 bridgehead atoms. The summed E-state index contributed by atoms with van der Waals surface area (Å²) in [5, 5.41) is 12.1. The fourth-order valence-electron chi connectivity index (χ4n) is 1.49. The summed E-state index contributed by atoms with van der Waals surface area (Å²) in [5.41, 5.74) is 0.770. The van der Waals surface area contributed by atoms with E-state index in [-0.39, 0.29) is 6.04 Å². The van der Waals surface area contributed by atoms with Gasteiger partial charge in [0.25, 0.3) is 0 Å². The first-order valence-electron chi connectivity index (χ1n) is 5.70. The molecule has 5 nitrogen and oxygen atoms in total. The van der Waals surface area contributed by atoms with Crippen molar-refractivity contribution in [3.8, 4) is 11.5 Å². The second-order valence-corrected chi connectivity index (χ2v) is 4.16. The van der Waals surface area contributed by atoms with Gasteiger partial charge in [-0.2, -0.15) is 0 Å². The van der Waals surface area contributed by atoms with Crippen LogP contribution in [0, 0.1) is 5.92 Å². The molecule has 1 aromatic rings. The number of methoxy groups -OCH3 is 2. The molecule has 0 radical (unpaired) electrons. The Bertz CT molecular complexity index is 397. The van der Waals surface area contributed by atoms with Gasteiger partial charge in [-0.05, 0) is 13.8 Å². The van der Waals surface area contributed by atoms with Gasteiger partial charge in [0.05, 0.1) is 20.1 Å². The molecule has 0 fully saturated rings. The highest BCUT2D eigenvalue weighted by atomic mass is 16.5. The lowest BCUT2D eigenvalue weighted by Crippen LogP contribution is -2.29. The molecule has 0 amide bonds. The summed E-state index contributed by atoms with van der Waals surface area (Å²) in [6.45, 7) is 3.49. The van der Waals surface area contributed by atoms with E-state index >= 15 is 0 Å². The number of anilines is 1. The second kappa shape index (κ2) is 6.14. The normalized spacial score (nSPS) is 13.6. The van der Waals surface area contributed by atoms with Gasteiger partial charge in [0.2, 0.25) is 0 Å². The molecule has 2 atom stereocenters. The van der Waals surface area contributed by atoms with Gasteiger partial charge in [0, 0.05) is 29.9 Å². The van der Waals surface area contributed by atoms with E-state index < -0.39 is 11.9 Å². The van der Waals surface area contributed by atoms with Crippen LogP contribution in [0.2, 0.25) is 0 Å². The largest absolute Gasteiger partial charge is 0.497 e. The van der Waals surface area contributed by atoms with Gasteiger partial charge in [-0.1, -0.05) is 0 Å². The molecule has 0 aliphatic carbocycles. The molecule has 0 aromatic heterocycles. The van der Waals surface area contributed by atoms with E-state index in [1.54, 1.807) is 39.3 Å². The number of hydrogen-bond donors (Lipinski definition) is 2. The molecule has 5 heteroatoms. The summed E-state index contributed by atoms with van der Waals surface area (Å²) < 4.78 is 10.3. The van der Waals surface area contributed by atoms with Gasteiger partial charge in [0.1, 0.15) is 11.5 Å². The van der Waals surface area contributed by atoms with Gasteiger partial charge >= 0.3 is 5.97 Å². The minimum absolute atomic E-state index is 0.195. The fourth-order valence-corrected chi connectivity index (χ4v) is 1.49. The van der Waals surface area contributed by atoms with Crippen LogP contribution in [0.3, 0.4) is 0 Å². The highest BCUT2D eigenvalue weighted by Gasteiger charge is 2.19. The summed E-state index contributed by atoms with van der Waals surface area (Å²) in [4.78, 5) is 10.9. The summed E-state index contributed by atoms with van der Waals surface area (Å²) in [6.07, 6.45) is 0. The maximum absolute atomic E-state index is 10.9. The Labute approximate surface area is 107 Å². The molecule has 100 valence electrons. The van der Waals surface area contributed by atoms with E-state index in [1.807, 2.05) is 6.92 Å². The Morgan fingerprint density at radius 3 is 2.06 bits per heavy atom. The first kappa shape index (κ1) is 14.2. The molecule has 0 aliphatic heterocycles. The van der Waals surface area contributed by atoms with Crippen LogP contribution in [0.5, 0.6) is 11.5 Å². The Kier molecular flexibility index (Phi) is 4.83. The van der Waals surface area contributed by atoms with Gasteiger partial charge in [-0.3, -0.25) is 4.79 Å². The number of carboxylic acids is 1. The molecule has 1 aromatic carbocycles. The zero-order valence-electron chi connectivity index (χ0n) is 11.1. The number of aliphatic carboxylic acids is 1. The maximum atomic E-state index is 10.9. The van der Waals surface area contributed by atoms with Crippen molar-refractivity contribution < 1.29 is 19.4 Å². The van der Waals surface area contributed by atoms with Gasteiger partial charge in [-0.25, -0.2) is 0 Å². The minimum atomic E-state index is -0.829. The second-order valence-electron chi connectivity index (χ2n) is 4.16. The van der Waals surface area contributed by atoms with E-state index in [0.29, 0.717) is 11.5 Å². The van der Waals surface area contributed by atoms with Crippen molar-refractivity contribution in [3.63, 3.8) is 0 Å². The number of carbonyl (C=O) groups is 1. The molecule has 0 heterocycles. The average molecular weight is 253 g/mol. The molecule has 0 aliphatic rings. The van der Waals surface area contributed by atoms with E-state index in [1.165, 1.54) is 0 Å². The van der Waals surface area contributed by atoms with Gasteiger partial charge in [-0.15, -0.1) is 0 Å². The lowest BCUT2D eigenvalue weighted by atomic mass is 10.0. The summed E-state index contributed by atoms with van der Waals surface area (Å²) in [5.74, 6) is 0.00566. The van der Waals surface area contributed by atoms with Gasteiger partial charge < -0.3 is 19.9 Å². The number of rotatable bonds is 6. The zero-order valence-corrected chi connectivity index (χ0v) is 11.1. The third kappa shape index (κ3) is 3.55. The number of nitrogens with one attached hydrogen (secondary N) is 1. The quantitative estimate of drug-likeness (QED) is 0.813. The molecule has 18 heavy (non-hydrogen) atoms. The smallest absolute Gasteiger partial charge is 0.308 e. The Hall–Kier alpha value is -1.91. The van der Waals surface area contributed by atoms with Crippen molar-refractivity contribution in [3.05, 3.63) is 18.2 Å². The SMILES string of the molecule is COc1cc(NC(C)C(C)C(=O)O)cc(OC)c1. The van der Waals surface area contributed by atoms with E-state index in [2.05, 4.69) is 5.32 Å². The molecule has 0 spiro atoms. The summed E-state index contributed by atoms with van der Waals surface area (Å²) >= 11 is 0. The third-order valence-electron chi connectivity index (χ3n) is 2.89. The highest BCUT2D eigenvalue weighted by Crippen LogP contribution is 2.26. The minimum Gasteiger partial charge on any atom is -0.497 e. The maximum Gasteiger partial charge on any atom is 0.308 e. The Morgan fingerprint density at radius 1 is 1.17 bits per heavy atom. The predicted molar refractivity (Wildman–Crippen MR) is 69.4 cm³/mol. The van der Waals surface area contributed by atoms with Crippen molar-refractivity contribution in [2.45, 2.75) is 19.9 Å². The van der Waals surface area contributed by atoms with Crippen molar-refractivity contribution in [1.29, 1.82) is 0 Å². The number of hydrogen-bond acceptors (Lipinski definition) is 4. The predicted octanol–water partition coefficient (Wildman–Crippen LogP) is 2.22. The molecule has 2 N–H and O–H groups in total. The summed E-state index contributed by atoms with van der Waals surface area (Å²) in [6, 6.07) is 5.16. The average Bonchev–Trinajstić information content (AvgIpc) is 2.36. The first-order valence-corrected chi connectivity index (χ1v) is 5.70. The van der Waals surface area contributed by atoms with E-state index in [0.717, 1.165) is 5.69 Å². The summed E-state index contributed by atoms with van der Waals surface area (Å²) in [7, 11) is 3.14. The molecule has 1 rings (SSSR count). The number of benzene rings is 1. The van der Waals surface area contributed by atoms with Crippen molar-refractivity contribution in [2.24, 2.45) is 5.92 Å². The van der Waals surface area contributed by atoms with Crippen LogP contribution in [-0.2, 0) is 4.79 Å². The van der Waals surface area contributed by atoms with Crippen LogP contribution < -0.4 is 14.8 Å². The van der Waals surface area contributed by atoms with Crippen molar-refractivity contribution >= 4 is 11.7 Å².